The second-order valence-electron chi connectivity index (χ2n) is 6.21. The average molecular weight is 302 g/mol. The number of aromatic hydroxyl groups is 1. The molecule has 0 aromatic heterocycles. The Bertz CT molecular complexity index is 587. The first-order chi connectivity index (χ1) is 10.6. The zero-order valence-electron chi connectivity index (χ0n) is 12.7. The van der Waals surface area contributed by atoms with Gasteiger partial charge < -0.3 is 15.3 Å². The number of phenolic OH excluding ortho intramolecular Hbond substituents is 1. The minimum Gasteiger partial charge on any atom is -0.508 e. The van der Waals surface area contributed by atoms with Crippen molar-refractivity contribution in [2.24, 2.45) is 0 Å². The van der Waals surface area contributed by atoms with Crippen LogP contribution in [0.4, 0.5) is 0 Å². The molecule has 1 aromatic rings. The number of carbonyl (C=O) groups excluding carboxylic acids is 2. The number of nitrogens with one attached hydrogen (secondary N) is 1. The zero-order chi connectivity index (χ0) is 15.6. The zero-order valence-corrected chi connectivity index (χ0v) is 12.7. The maximum Gasteiger partial charge on any atom is 0.245 e. The Labute approximate surface area is 130 Å². The highest BCUT2D eigenvalue weighted by molar-refractivity contribution is 5.92. The maximum atomic E-state index is 12.6. The topological polar surface area (TPSA) is 69.6 Å². The molecule has 2 aliphatic rings. The van der Waals surface area contributed by atoms with E-state index < -0.39 is 5.54 Å². The number of piperidine rings is 1. The Kier molecular flexibility index (Phi) is 4.05. The van der Waals surface area contributed by atoms with Crippen LogP contribution in [0, 0.1) is 0 Å². The van der Waals surface area contributed by atoms with E-state index in [0.717, 1.165) is 31.2 Å². The highest BCUT2D eigenvalue weighted by Crippen LogP contribution is 2.36. The van der Waals surface area contributed by atoms with E-state index in [4.69, 9.17) is 0 Å². The van der Waals surface area contributed by atoms with E-state index in [1.807, 2.05) is 6.07 Å². The van der Waals surface area contributed by atoms with Crippen LogP contribution in [-0.2, 0) is 16.0 Å². The number of amides is 2. The van der Waals surface area contributed by atoms with Crippen LogP contribution >= 0.6 is 0 Å². The van der Waals surface area contributed by atoms with Gasteiger partial charge in [-0.15, -0.1) is 0 Å². The maximum absolute atomic E-state index is 12.6. The monoisotopic (exact) mass is 302 g/mol. The fraction of sp³-hybridized carbons (Fsp3) is 0.529. The fourth-order valence-electron chi connectivity index (χ4n) is 3.70. The van der Waals surface area contributed by atoms with Crippen molar-refractivity contribution in [3.63, 3.8) is 0 Å². The Morgan fingerprint density at radius 3 is 2.91 bits per heavy atom. The molecule has 0 saturated carbocycles. The number of hydrogen-bond acceptors (Lipinski definition) is 3. The molecule has 1 atom stereocenters. The molecule has 1 aromatic carbocycles. The number of benzene rings is 1. The summed E-state index contributed by atoms with van der Waals surface area (Å²) in [4.78, 5) is 26.7. The Hall–Kier alpha value is -2.04. The van der Waals surface area contributed by atoms with Crippen LogP contribution in [0.25, 0.3) is 0 Å². The van der Waals surface area contributed by atoms with Gasteiger partial charge in [0.15, 0.2) is 0 Å². The van der Waals surface area contributed by atoms with Crippen LogP contribution in [0.15, 0.2) is 24.3 Å². The third kappa shape index (κ3) is 2.67. The molecule has 3 rings (SSSR count). The summed E-state index contributed by atoms with van der Waals surface area (Å²) < 4.78 is 0. The molecular formula is C17H22N2O3. The summed E-state index contributed by atoms with van der Waals surface area (Å²) in [6.07, 6.45) is 4.33. The first-order valence-electron chi connectivity index (χ1n) is 7.98. The van der Waals surface area contributed by atoms with Gasteiger partial charge in [0.25, 0.3) is 0 Å². The van der Waals surface area contributed by atoms with Crippen LogP contribution in [0.1, 0.15) is 37.7 Å². The van der Waals surface area contributed by atoms with Gasteiger partial charge in [0, 0.05) is 19.5 Å². The van der Waals surface area contributed by atoms with E-state index in [1.165, 1.54) is 0 Å². The highest BCUT2D eigenvalue weighted by atomic mass is 16.3. The first-order valence-corrected chi connectivity index (χ1v) is 7.98. The number of likely N-dealkylation sites (tertiary alicyclic amines) is 1. The summed E-state index contributed by atoms with van der Waals surface area (Å²) in [7, 11) is 0. The number of carbonyl (C=O) groups is 2. The quantitative estimate of drug-likeness (QED) is 0.891. The van der Waals surface area contributed by atoms with Gasteiger partial charge in [-0.2, -0.15) is 0 Å². The minimum absolute atomic E-state index is 0.0157. The van der Waals surface area contributed by atoms with Crippen molar-refractivity contribution < 1.29 is 14.7 Å². The van der Waals surface area contributed by atoms with Gasteiger partial charge >= 0.3 is 0 Å². The molecule has 1 spiro atoms. The van der Waals surface area contributed by atoms with Crippen molar-refractivity contribution in [1.29, 1.82) is 0 Å². The van der Waals surface area contributed by atoms with Gasteiger partial charge in [0.2, 0.25) is 11.8 Å². The van der Waals surface area contributed by atoms with E-state index in [-0.39, 0.29) is 17.6 Å². The highest BCUT2D eigenvalue weighted by Gasteiger charge is 2.50. The van der Waals surface area contributed by atoms with Crippen molar-refractivity contribution in [3.05, 3.63) is 29.8 Å². The second-order valence-corrected chi connectivity index (χ2v) is 6.21. The minimum atomic E-state index is -0.603. The normalized spacial score (nSPS) is 24.5. The summed E-state index contributed by atoms with van der Waals surface area (Å²) in [5.74, 6) is 0.272. The van der Waals surface area contributed by atoms with Crippen LogP contribution in [0.3, 0.4) is 0 Å². The molecule has 0 radical (unpaired) electrons. The number of phenols is 1. The van der Waals surface area contributed by atoms with Gasteiger partial charge in [-0.1, -0.05) is 12.1 Å². The number of rotatable bonds is 3. The van der Waals surface area contributed by atoms with E-state index in [1.54, 1.807) is 23.1 Å². The molecule has 5 nitrogen and oxygen atoms in total. The molecule has 1 unspecified atom stereocenters. The third-order valence-corrected chi connectivity index (χ3v) is 4.80. The predicted molar refractivity (Wildman–Crippen MR) is 82.3 cm³/mol. The molecule has 2 heterocycles. The summed E-state index contributed by atoms with van der Waals surface area (Å²) >= 11 is 0. The summed E-state index contributed by atoms with van der Waals surface area (Å²) in [5.41, 5.74) is 0.337. The van der Waals surface area contributed by atoms with Crippen molar-refractivity contribution in [2.45, 2.75) is 44.1 Å². The fourth-order valence-corrected chi connectivity index (χ4v) is 3.70. The van der Waals surface area contributed by atoms with Crippen molar-refractivity contribution in [3.8, 4) is 5.75 Å². The second kappa shape index (κ2) is 5.99. The van der Waals surface area contributed by atoms with E-state index in [0.29, 0.717) is 25.9 Å². The van der Waals surface area contributed by atoms with Gasteiger partial charge in [-0.3, -0.25) is 9.59 Å². The molecule has 0 bridgehead atoms. The molecule has 2 aliphatic heterocycles. The van der Waals surface area contributed by atoms with Crippen molar-refractivity contribution in [1.82, 2.24) is 10.2 Å². The van der Waals surface area contributed by atoms with Crippen molar-refractivity contribution in [2.75, 3.05) is 13.1 Å². The lowest BCUT2D eigenvalue weighted by Crippen LogP contribution is -2.60. The van der Waals surface area contributed by atoms with Crippen LogP contribution < -0.4 is 5.32 Å². The molecule has 2 amide bonds. The van der Waals surface area contributed by atoms with Gasteiger partial charge in [-0.25, -0.2) is 0 Å². The van der Waals surface area contributed by atoms with E-state index >= 15 is 0 Å². The lowest BCUT2D eigenvalue weighted by molar-refractivity contribution is -0.147. The standard InChI is InChI=1S/C17H22N2O3/c20-14-5-1-4-13(12-14)6-7-15(21)19-11-3-9-17(19)8-2-10-18-16(17)22/h1,4-5,12,20H,2-3,6-11H2,(H,18,22). The lowest BCUT2D eigenvalue weighted by Gasteiger charge is -2.40. The third-order valence-electron chi connectivity index (χ3n) is 4.80. The van der Waals surface area contributed by atoms with Crippen LogP contribution in [-0.4, -0.2) is 40.4 Å². The number of nitrogens with zero attached hydrogens (tertiary/aromatic N) is 1. The molecular weight excluding hydrogens is 280 g/mol. The summed E-state index contributed by atoms with van der Waals surface area (Å²) in [6.45, 7) is 1.39. The van der Waals surface area contributed by atoms with Gasteiger partial charge in [0.1, 0.15) is 11.3 Å². The van der Waals surface area contributed by atoms with Crippen LogP contribution in [0.2, 0.25) is 0 Å². The van der Waals surface area contributed by atoms with Crippen LogP contribution in [0.5, 0.6) is 5.75 Å². The number of aryl methyl sites for hydroxylation is 1. The molecule has 2 N–H and O–H groups in total. The van der Waals surface area contributed by atoms with Gasteiger partial charge in [0.05, 0.1) is 0 Å². The first kappa shape index (κ1) is 14.9. The molecule has 22 heavy (non-hydrogen) atoms. The number of hydrogen-bond donors (Lipinski definition) is 2. The van der Waals surface area contributed by atoms with Gasteiger partial charge in [-0.05, 0) is 49.8 Å². The van der Waals surface area contributed by atoms with Crippen molar-refractivity contribution >= 4 is 11.8 Å². The van der Waals surface area contributed by atoms with E-state index in [9.17, 15) is 14.7 Å². The molecule has 118 valence electrons. The Morgan fingerprint density at radius 2 is 2.14 bits per heavy atom. The average Bonchev–Trinajstić information content (AvgIpc) is 2.93. The molecule has 2 fully saturated rings. The molecule has 2 saturated heterocycles. The summed E-state index contributed by atoms with van der Waals surface area (Å²) in [6, 6.07) is 6.98. The Morgan fingerprint density at radius 1 is 1.32 bits per heavy atom. The molecule has 5 heteroatoms. The smallest absolute Gasteiger partial charge is 0.245 e. The molecule has 0 aliphatic carbocycles. The predicted octanol–water partition coefficient (Wildman–Crippen LogP) is 1.60. The SMILES string of the molecule is O=C(CCc1cccc(O)c1)N1CCCC12CCCNC2=O. The lowest BCUT2D eigenvalue weighted by atomic mass is 9.86. The van der Waals surface area contributed by atoms with E-state index in [2.05, 4.69) is 5.32 Å². The Balaban J connectivity index is 1.67. The largest absolute Gasteiger partial charge is 0.508 e. The summed E-state index contributed by atoms with van der Waals surface area (Å²) in [5, 5.41) is 12.4.